The average Bonchev–Trinajstić information content (AvgIpc) is 2.92. The molecule has 23 heavy (non-hydrogen) atoms. The Balaban J connectivity index is 1.68. The highest BCUT2D eigenvalue weighted by Crippen LogP contribution is 2.35. The lowest BCUT2D eigenvalue weighted by molar-refractivity contribution is 0.353. The Morgan fingerprint density at radius 3 is 2.70 bits per heavy atom. The Hall–Kier alpha value is -2.17. The number of likely N-dealkylation sites (N-methyl/N-ethyl adjacent to an activating group) is 1. The van der Waals surface area contributed by atoms with Crippen LogP contribution in [0.3, 0.4) is 0 Å². The molecule has 2 aromatic rings. The van der Waals surface area contributed by atoms with E-state index in [-0.39, 0.29) is 6.04 Å². The van der Waals surface area contributed by atoms with E-state index in [1.54, 1.807) is 0 Å². The first-order chi connectivity index (χ1) is 11.1. The molecule has 4 rings (SSSR count). The molecule has 0 aliphatic carbocycles. The Bertz CT molecular complexity index is 785. The van der Waals surface area contributed by atoms with Gasteiger partial charge in [-0.2, -0.15) is 0 Å². The number of rotatable bonds is 2. The predicted molar refractivity (Wildman–Crippen MR) is 93.4 cm³/mol. The lowest BCUT2D eigenvalue weighted by Crippen LogP contribution is -2.28. The number of aliphatic hydroxyl groups is 1. The molecule has 4 nitrogen and oxygen atoms in total. The maximum Gasteiger partial charge on any atom is 0.147 e. The third-order valence-corrected chi connectivity index (χ3v) is 4.71. The molecule has 0 amide bonds. The van der Waals surface area contributed by atoms with Gasteiger partial charge in [-0.25, -0.2) is 5.43 Å². The van der Waals surface area contributed by atoms with Crippen LogP contribution in [0.5, 0.6) is 0 Å². The van der Waals surface area contributed by atoms with Crippen molar-refractivity contribution >= 4 is 23.0 Å². The lowest BCUT2D eigenvalue weighted by atomic mass is 9.96. The van der Waals surface area contributed by atoms with Gasteiger partial charge < -0.3 is 15.4 Å². The van der Waals surface area contributed by atoms with Gasteiger partial charge in [0.1, 0.15) is 5.76 Å². The first-order valence-electron chi connectivity index (χ1n) is 7.66. The molecule has 3 N–H and O–H groups in total. The number of hydrogen-bond acceptors (Lipinski definition) is 4. The van der Waals surface area contributed by atoms with Crippen molar-refractivity contribution in [3.8, 4) is 0 Å². The summed E-state index contributed by atoms with van der Waals surface area (Å²) in [6.07, 6.45) is 0.810. The Morgan fingerprint density at radius 1 is 1.17 bits per heavy atom. The topological polar surface area (TPSA) is 47.5 Å². The first kappa shape index (κ1) is 14.4. The van der Waals surface area contributed by atoms with Crippen LogP contribution in [-0.4, -0.2) is 29.7 Å². The highest BCUT2D eigenvalue weighted by molar-refractivity contribution is 6.30. The summed E-state index contributed by atoms with van der Waals surface area (Å²) in [5, 5.41) is 16.8. The number of anilines is 1. The van der Waals surface area contributed by atoms with Crippen LogP contribution in [0, 0.1) is 0 Å². The monoisotopic (exact) mass is 327 g/mol. The van der Waals surface area contributed by atoms with Crippen LogP contribution in [0.25, 0.3) is 5.76 Å². The summed E-state index contributed by atoms with van der Waals surface area (Å²) in [6.45, 7) is 0.780. The molecule has 0 bridgehead atoms. The fourth-order valence-electron chi connectivity index (χ4n) is 3.27. The Labute approximate surface area is 140 Å². The molecule has 2 aliphatic rings. The van der Waals surface area contributed by atoms with Gasteiger partial charge in [0.15, 0.2) is 0 Å². The highest BCUT2D eigenvalue weighted by Gasteiger charge is 2.33. The molecular formula is C18H18ClN3O. The quantitative estimate of drug-likeness (QED) is 0.791. The van der Waals surface area contributed by atoms with Crippen LogP contribution in [0.4, 0.5) is 5.69 Å². The molecule has 1 atom stereocenters. The van der Waals surface area contributed by atoms with Crippen molar-refractivity contribution in [3.05, 3.63) is 69.9 Å². The number of hydrogen-bond donors (Lipinski definition) is 3. The normalized spacial score (nSPS) is 19.4. The SMILES string of the molecule is CN1NCC2Nc3ccc(Cc4ccc(Cl)cc4)cc3C(O)=C21. The van der Waals surface area contributed by atoms with Crippen LogP contribution in [0.1, 0.15) is 16.7 Å². The Kier molecular flexibility index (Phi) is 3.43. The van der Waals surface area contributed by atoms with Crippen molar-refractivity contribution < 1.29 is 5.11 Å². The number of benzene rings is 2. The fraction of sp³-hybridized carbons (Fsp3) is 0.222. The molecule has 118 valence electrons. The van der Waals surface area contributed by atoms with E-state index in [0.717, 1.165) is 40.5 Å². The van der Waals surface area contributed by atoms with Crippen LogP contribution < -0.4 is 10.7 Å². The molecule has 2 aromatic carbocycles. The highest BCUT2D eigenvalue weighted by atomic mass is 35.5. The molecule has 0 saturated carbocycles. The second-order valence-electron chi connectivity index (χ2n) is 6.04. The van der Waals surface area contributed by atoms with Gasteiger partial charge in [-0.3, -0.25) is 0 Å². The molecule has 1 unspecified atom stereocenters. The lowest BCUT2D eigenvalue weighted by Gasteiger charge is -2.27. The van der Waals surface area contributed by atoms with E-state index < -0.39 is 0 Å². The van der Waals surface area contributed by atoms with Crippen molar-refractivity contribution in [2.75, 3.05) is 18.9 Å². The van der Waals surface area contributed by atoms with E-state index in [0.29, 0.717) is 5.76 Å². The number of aliphatic hydroxyl groups excluding tert-OH is 1. The Morgan fingerprint density at radius 2 is 1.91 bits per heavy atom. The number of halogens is 1. The van der Waals surface area contributed by atoms with Gasteiger partial charge in [-0.15, -0.1) is 0 Å². The molecule has 2 heterocycles. The molecule has 1 saturated heterocycles. The van der Waals surface area contributed by atoms with Crippen LogP contribution in [0.15, 0.2) is 48.2 Å². The van der Waals surface area contributed by atoms with E-state index in [4.69, 9.17) is 11.6 Å². The predicted octanol–water partition coefficient (Wildman–Crippen LogP) is 3.40. The summed E-state index contributed by atoms with van der Waals surface area (Å²) in [7, 11) is 1.93. The number of fused-ring (bicyclic) bond motifs is 2. The summed E-state index contributed by atoms with van der Waals surface area (Å²) in [4.78, 5) is 0. The molecular weight excluding hydrogens is 310 g/mol. The van der Waals surface area contributed by atoms with Gasteiger partial charge >= 0.3 is 0 Å². The number of hydrazine groups is 1. The van der Waals surface area contributed by atoms with Gasteiger partial charge in [0, 0.05) is 29.9 Å². The number of nitrogens with zero attached hydrogens (tertiary/aromatic N) is 1. The minimum atomic E-state index is 0.120. The third-order valence-electron chi connectivity index (χ3n) is 4.46. The standard InChI is InChI=1S/C18H18ClN3O/c1-22-17-16(10-20-22)21-15-7-4-12(9-14(15)18(17)23)8-11-2-5-13(19)6-3-11/h2-7,9,16,20-21,23H,8,10H2,1H3. The molecule has 2 aliphatic heterocycles. The molecule has 5 heteroatoms. The van der Waals surface area contributed by atoms with Gasteiger partial charge in [-0.1, -0.05) is 29.8 Å². The maximum absolute atomic E-state index is 10.7. The zero-order valence-corrected chi connectivity index (χ0v) is 13.6. The number of nitrogens with one attached hydrogen (secondary N) is 2. The second-order valence-corrected chi connectivity index (χ2v) is 6.47. The van der Waals surface area contributed by atoms with Crippen molar-refractivity contribution in [1.29, 1.82) is 0 Å². The van der Waals surface area contributed by atoms with Crippen LogP contribution >= 0.6 is 11.6 Å². The summed E-state index contributed by atoms with van der Waals surface area (Å²) in [5.41, 5.74) is 8.33. The molecule has 0 aromatic heterocycles. The van der Waals surface area contributed by atoms with Crippen LogP contribution in [0.2, 0.25) is 5.02 Å². The van der Waals surface area contributed by atoms with Gasteiger partial charge in [0.2, 0.25) is 0 Å². The van der Waals surface area contributed by atoms with E-state index >= 15 is 0 Å². The van der Waals surface area contributed by atoms with E-state index in [2.05, 4.69) is 22.9 Å². The maximum atomic E-state index is 10.7. The van der Waals surface area contributed by atoms with E-state index in [1.165, 1.54) is 5.56 Å². The molecule has 1 fully saturated rings. The summed E-state index contributed by atoms with van der Waals surface area (Å²) < 4.78 is 0. The van der Waals surface area contributed by atoms with Crippen molar-refractivity contribution in [2.24, 2.45) is 0 Å². The van der Waals surface area contributed by atoms with E-state index in [9.17, 15) is 5.11 Å². The largest absolute Gasteiger partial charge is 0.505 e. The van der Waals surface area contributed by atoms with Crippen molar-refractivity contribution in [3.63, 3.8) is 0 Å². The summed E-state index contributed by atoms with van der Waals surface area (Å²) in [5.74, 6) is 0.356. The fourth-order valence-corrected chi connectivity index (χ4v) is 3.40. The van der Waals surface area contributed by atoms with Gasteiger partial charge in [-0.05, 0) is 41.8 Å². The molecule has 0 spiro atoms. The van der Waals surface area contributed by atoms with Gasteiger partial charge in [0.05, 0.1) is 11.7 Å². The molecule has 0 radical (unpaired) electrons. The first-order valence-corrected chi connectivity index (χ1v) is 8.04. The zero-order chi connectivity index (χ0) is 16.0. The zero-order valence-electron chi connectivity index (χ0n) is 12.8. The smallest absolute Gasteiger partial charge is 0.147 e. The van der Waals surface area contributed by atoms with Crippen molar-refractivity contribution in [1.82, 2.24) is 10.4 Å². The van der Waals surface area contributed by atoms with Gasteiger partial charge in [0.25, 0.3) is 0 Å². The summed E-state index contributed by atoms with van der Waals surface area (Å²) in [6, 6.07) is 14.2. The summed E-state index contributed by atoms with van der Waals surface area (Å²) >= 11 is 5.94. The van der Waals surface area contributed by atoms with Crippen LogP contribution in [-0.2, 0) is 6.42 Å². The minimum absolute atomic E-state index is 0.120. The minimum Gasteiger partial charge on any atom is -0.505 e. The average molecular weight is 328 g/mol. The third kappa shape index (κ3) is 2.54. The van der Waals surface area contributed by atoms with Crippen molar-refractivity contribution in [2.45, 2.75) is 12.5 Å². The van der Waals surface area contributed by atoms with E-state index in [1.807, 2.05) is 42.4 Å². The second kappa shape index (κ2) is 5.48.